The highest BCUT2D eigenvalue weighted by Crippen LogP contribution is 2.25. The Morgan fingerprint density at radius 3 is 2.47 bits per heavy atom. The van der Waals surface area contributed by atoms with Crippen molar-refractivity contribution in [2.75, 3.05) is 17.7 Å². The number of anilines is 3. The predicted molar refractivity (Wildman–Crippen MR) is 71.7 cm³/mol. The molecule has 1 heterocycles. The van der Waals surface area contributed by atoms with Crippen molar-refractivity contribution in [3.8, 4) is 0 Å². The Labute approximate surface area is 120 Å². The molecule has 0 saturated carbocycles. The second-order valence-electron chi connectivity index (χ2n) is 3.37. The Kier molecular flexibility index (Phi) is 4.11. The minimum atomic E-state index is -0.657. The lowest BCUT2D eigenvalue weighted by atomic mass is 10.3. The zero-order chi connectivity index (χ0) is 14.0. The summed E-state index contributed by atoms with van der Waals surface area (Å²) in [7, 11) is 1.59. The molecule has 19 heavy (non-hydrogen) atoms. The van der Waals surface area contributed by atoms with Crippen LogP contribution in [0.2, 0.25) is 5.28 Å². The standard InChI is InChI=1S/C10H7BrClF2N5/c1-15-9-17-8(12)18-10(19-9)16-7-3-5(13)4(11)2-6(7)14/h2-3H,1H3,(H2,15,16,17,18,19). The fourth-order valence-electron chi connectivity index (χ4n) is 1.26. The van der Waals surface area contributed by atoms with E-state index in [1.807, 2.05) is 0 Å². The minimum Gasteiger partial charge on any atom is -0.357 e. The summed E-state index contributed by atoms with van der Waals surface area (Å²) < 4.78 is 27.0. The molecular weight excluding hydrogens is 343 g/mol. The molecule has 0 aliphatic heterocycles. The van der Waals surface area contributed by atoms with Crippen molar-refractivity contribution in [1.29, 1.82) is 0 Å². The molecule has 2 rings (SSSR count). The molecule has 0 saturated heterocycles. The van der Waals surface area contributed by atoms with E-state index >= 15 is 0 Å². The quantitative estimate of drug-likeness (QED) is 0.831. The van der Waals surface area contributed by atoms with E-state index in [-0.39, 0.29) is 27.3 Å². The molecular formula is C10H7BrClF2N5. The fourth-order valence-corrected chi connectivity index (χ4v) is 1.73. The summed E-state index contributed by atoms with van der Waals surface area (Å²) in [6.07, 6.45) is 0. The molecule has 0 aliphatic rings. The Hall–Kier alpha value is -1.54. The number of aromatic nitrogens is 3. The summed E-state index contributed by atoms with van der Waals surface area (Å²) in [4.78, 5) is 11.4. The first-order chi connectivity index (χ1) is 8.99. The number of hydrogen-bond acceptors (Lipinski definition) is 5. The molecule has 100 valence electrons. The van der Waals surface area contributed by atoms with Crippen molar-refractivity contribution in [2.24, 2.45) is 0 Å². The summed E-state index contributed by atoms with van der Waals surface area (Å²) in [6, 6.07) is 1.98. The van der Waals surface area contributed by atoms with E-state index in [0.717, 1.165) is 12.1 Å². The van der Waals surface area contributed by atoms with Crippen molar-refractivity contribution in [2.45, 2.75) is 0 Å². The largest absolute Gasteiger partial charge is 0.357 e. The second kappa shape index (κ2) is 5.62. The van der Waals surface area contributed by atoms with Gasteiger partial charge in [0.2, 0.25) is 17.2 Å². The Morgan fingerprint density at radius 2 is 1.79 bits per heavy atom. The molecule has 2 aromatic rings. The molecule has 0 radical (unpaired) electrons. The van der Waals surface area contributed by atoms with Gasteiger partial charge in [0.1, 0.15) is 11.6 Å². The van der Waals surface area contributed by atoms with Gasteiger partial charge in [-0.25, -0.2) is 8.78 Å². The molecule has 0 fully saturated rings. The van der Waals surface area contributed by atoms with Crippen LogP contribution in [0.5, 0.6) is 0 Å². The number of rotatable bonds is 3. The third kappa shape index (κ3) is 3.27. The predicted octanol–water partition coefficient (Wildman–Crippen LogP) is 3.35. The number of benzene rings is 1. The van der Waals surface area contributed by atoms with Crippen LogP contribution in [-0.4, -0.2) is 22.0 Å². The first-order valence-corrected chi connectivity index (χ1v) is 6.17. The first-order valence-electron chi connectivity index (χ1n) is 5.00. The smallest absolute Gasteiger partial charge is 0.233 e. The number of halogens is 4. The van der Waals surface area contributed by atoms with E-state index in [9.17, 15) is 8.78 Å². The van der Waals surface area contributed by atoms with Gasteiger partial charge in [0.05, 0.1) is 10.2 Å². The molecule has 0 atom stereocenters. The molecule has 5 nitrogen and oxygen atoms in total. The highest BCUT2D eigenvalue weighted by molar-refractivity contribution is 9.10. The monoisotopic (exact) mass is 349 g/mol. The molecule has 0 spiro atoms. The van der Waals surface area contributed by atoms with E-state index in [1.54, 1.807) is 7.05 Å². The average molecular weight is 351 g/mol. The van der Waals surface area contributed by atoms with Crippen LogP contribution in [-0.2, 0) is 0 Å². The van der Waals surface area contributed by atoms with Gasteiger partial charge >= 0.3 is 0 Å². The normalized spacial score (nSPS) is 10.4. The molecule has 0 bridgehead atoms. The lowest BCUT2D eigenvalue weighted by Crippen LogP contribution is -2.05. The number of nitrogens with one attached hydrogen (secondary N) is 2. The van der Waals surface area contributed by atoms with Crippen LogP contribution in [0.15, 0.2) is 16.6 Å². The topological polar surface area (TPSA) is 62.7 Å². The Balaban J connectivity index is 2.36. The van der Waals surface area contributed by atoms with Gasteiger partial charge < -0.3 is 10.6 Å². The third-order valence-electron chi connectivity index (χ3n) is 2.09. The zero-order valence-corrected chi connectivity index (χ0v) is 11.9. The SMILES string of the molecule is CNc1nc(Cl)nc(Nc2cc(F)c(Br)cc2F)n1. The van der Waals surface area contributed by atoms with E-state index in [2.05, 4.69) is 41.5 Å². The van der Waals surface area contributed by atoms with Crippen molar-refractivity contribution in [3.63, 3.8) is 0 Å². The molecule has 0 aliphatic carbocycles. The van der Waals surface area contributed by atoms with Crippen molar-refractivity contribution >= 4 is 45.1 Å². The molecule has 2 N–H and O–H groups in total. The fraction of sp³-hybridized carbons (Fsp3) is 0.100. The van der Waals surface area contributed by atoms with E-state index in [0.29, 0.717) is 0 Å². The molecule has 0 unspecified atom stereocenters. The number of nitrogens with zero attached hydrogens (tertiary/aromatic N) is 3. The minimum absolute atomic E-state index is 0.00460. The van der Waals surface area contributed by atoms with E-state index in [4.69, 9.17) is 11.6 Å². The van der Waals surface area contributed by atoms with Gasteiger partial charge in [-0.2, -0.15) is 15.0 Å². The maximum absolute atomic E-state index is 13.6. The van der Waals surface area contributed by atoms with Gasteiger partial charge in [-0.05, 0) is 33.6 Å². The van der Waals surface area contributed by atoms with Gasteiger partial charge in [-0.15, -0.1) is 0 Å². The van der Waals surface area contributed by atoms with Gasteiger partial charge in [0, 0.05) is 13.1 Å². The van der Waals surface area contributed by atoms with Gasteiger partial charge in [-0.1, -0.05) is 0 Å². The maximum atomic E-state index is 13.6. The third-order valence-corrected chi connectivity index (χ3v) is 2.86. The van der Waals surface area contributed by atoms with Crippen LogP contribution in [0.4, 0.5) is 26.4 Å². The van der Waals surface area contributed by atoms with E-state index < -0.39 is 11.6 Å². The number of hydrogen-bond donors (Lipinski definition) is 2. The molecule has 0 amide bonds. The average Bonchev–Trinajstić information content (AvgIpc) is 2.35. The Morgan fingerprint density at radius 1 is 1.11 bits per heavy atom. The zero-order valence-electron chi connectivity index (χ0n) is 9.51. The van der Waals surface area contributed by atoms with Crippen LogP contribution in [0.3, 0.4) is 0 Å². The molecule has 1 aromatic carbocycles. The van der Waals surface area contributed by atoms with Crippen molar-refractivity contribution < 1.29 is 8.78 Å². The highest BCUT2D eigenvalue weighted by Gasteiger charge is 2.11. The van der Waals surface area contributed by atoms with Crippen LogP contribution in [0, 0.1) is 11.6 Å². The summed E-state index contributed by atoms with van der Waals surface area (Å²) in [6.45, 7) is 0. The second-order valence-corrected chi connectivity index (χ2v) is 4.57. The Bertz CT molecular complexity index is 625. The van der Waals surface area contributed by atoms with Crippen LogP contribution < -0.4 is 10.6 Å². The molecule has 9 heteroatoms. The van der Waals surface area contributed by atoms with Crippen molar-refractivity contribution in [3.05, 3.63) is 33.5 Å². The van der Waals surface area contributed by atoms with Crippen molar-refractivity contribution in [1.82, 2.24) is 15.0 Å². The first kappa shape index (κ1) is 13.9. The summed E-state index contributed by atoms with van der Waals surface area (Å²) in [5.74, 6) is -1.06. The lowest BCUT2D eigenvalue weighted by Gasteiger charge is -2.08. The molecule has 1 aromatic heterocycles. The van der Waals surface area contributed by atoms with Crippen LogP contribution in [0.25, 0.3) is 0 Å². The van der Waals surface area contributed by atoms with Crippen LogP contribution >= 0.6 is 27.5 Å². The summed E-state index contributed by atoms with van der Waals surface area (Å²) >= 11 is 8.56. The maximum Gasteiger partial charge on any atom is 0.233 e. The highest BCUT2D eigenvalue weighted by atomic mass is 79.9. The van der Waals surface area contributed by atoms with Gasteiger partial charge in [0.15, 0.2) is 0 Å². The van der Waals surface area contributed by atoms with Gasteiger partial charge in [0.25, 0.3) is 0 Å². The van der Waals surface area contributed by atoms with E-state index in [1.165, 1.54) is 0 Å². The lowest BCUT2D eigenvalue weighted by molar-refractivity contribution is 0.597. The van der Waals surface area contributed by atoms with Crippen LogP contribution in [0.1, 0.15) is 0 Å². The van der Waals surface area contributed by atoms with Gasteiger partial charge in [-0.3, -0.25) is 0 Å². The summed E-state index contributed by atoms with van der Waals surface area (Å²) in [5.41, 5.74) is -0.106. The summed E-state index contributed by atoms with van der Waals surface area (Å²) in [5, 5.41) is 5.13.